The highest BCUT2D eigenvalue weighted by Gasteiger charge is 2.07. The second kappa shape index (κ2) is 5.81. The van der Waals surface area contributed by atoms with Crippen LogP contribution in [0.4, 0.5) is 5.95 Å². The van der Waals surface area contributed by atoms with E-state index in [9.17, 15) is 0 Å². The maximum absolute atomic E-state index is 4.45. The molecule has 0 fully saturated rings. The van der Waals surface area contributed by atoms with Crippen molar-refractivity contribution >= 4 is 17.7 Å². The van der Waals surface area contributed by atoms with Gasteiger partial charge in [-0.1, -0.05) is 6.92 Å². The first-order valence-corrected chi connectivity index (χ1v) is 6.62. The Morgan fingerprint density at radius 3 is 2.89 bits per heavy atom. The zero-order valence-electron chi connectivity index (χ0n) is 10.7. The van der Waals surface area contributed by atoms with Crippen molar-refractivity contribution in [1.82, 2.24) is 24.7 Å². The van der Waals surface area contributed by atoms with Gasteiger partial charge >= 0.3 is 0 Å². The summed E-state index contributed by atoms with van der Waals surface area (Å²) in [6.07, 6.45) is 2.58. The topological polar surface area (TPSA) is 68.5 Å². The molecule has 2 aromatic heterocycles. The standard InChI is InChI=1S/C11H16N6S/c1-4-5-12-10-15-8(2)6-9(16-10)18-11-13-7-14-17(11)3/h6-7H,4-5H2,1-3H3,(H,12,15,16). The Labute approximate surface area is 110 Å². The second-order valence-electron chi connectivity index (χ2n) is 3.87. The average molecular weight is 264 g/mol. The highest BCUT2D eigenvalue weighted by atomic mass is 32.2. The van der Waals surface area contributed by atoms with E-state index in [0.29, 0.717) is 5.95 Å². The van der Waals surface area contributed by atoms with Crippen molar-refractivity contribution < 1.29 is 0 Å². The zero-order chi connectivity index (χ0) is 13.0. The van der Waals surface area contributed by atoms with Gasteiger partial charge in [0.1, 0.15) is 11.4 Å². The van der Waals surface area contributed by atoms with Crippen LogP contribution >= 0.6 is 11.8 Å². The van der Waals surface area contributed by atoms with Crippen LogP contribution in [0.2, 0.25) is 0 Å². The number of anilines is 1. The lowest BCUT2D eigenvalue weighted by molar-refractivity contribution is 0.684. The van der Waals surface area contributed by atoms with Gasteiger partial charge in [-0.05, 0) is 31.2 Å². The van der Waals surface area contributed by atoms with E-state index in [1.807, 2.05) is 20.0 Å². The molecule has 0 unspecified atom stereocenters. The lowest BCUT2D eigenvalue weighted by Crippen LogP contribution is -2.05. The summed E-state index contributed by atoms with van der Waals surface area (Å²) < 4.78 is 1.72. The summed E-state index contributed by atoms with van der Waals surface area (Å²) in [5, 5.41) is 8.91. The van der Waals surface area contributed by atoms with Crippen LogP contribution in [0.15, 0.2) is 22.6 Å². The number of aromatic nitrogens is 5. The minimum Gasteiger partial charge on any atom is -0.354 e. The zero-order valence-corrected chi connectivity index (χ0v) is 11.5. The van der Waals surface area contributed by atoms with Gasteiger partial charge in [0.2, 0.25) is 5.95 Å². The fraction of sp³-hybridized carbons (Fsp3) is 0.455. The van der Waals surface area contributed by atoms with Crippen LogP contribution in [0.3, 0.4) is 0 Å². The highest BCUT2D eigenvalue weighted by molar-refractivity contribution is 7.99. The molecule has 0 radical (unpaired) electrons. The van der Waals surface area contributed by atoms with Crippen molar-refractivity contribution in [2.45, 2.75) is 30.5 Å². The molecule has 0 atom stereocenters. The Bertz CT molecular complexity index is 524. The highest BCUT2D eigenvalue weighted by Crippen LogP contribution is 2.24. The number of hydrogen-bond donors (Lipinski definition) is 1. The molecule has 0 amide bonds. The molecular weight excluding hydrogens is 248 g/mol. The molecular formula is C11H16N6S. The molecule has 18 heavy (non-hydrogen) atoms. The molecule has 2 aromatic rings. The van der Waals surface area contributed by atoms with Gasteiger partial charge in [0, 0.05) is 19.3 Å². The predicted octanol–water partition coefficient (Wildman–Crippen LogP) is 1.89. The molecule has 1 N–H and O–H groups in total. The van der Waals surface area contributed by atoms with Crippen LogP contribution in [0.1, 0.15) is 19.0 Å². The first-order chi connectivity index (χ1) is 8.69. The summed E-state index contributed by atoms with van der Waals surface area (Å²) in [6.45, 7) is 4.94. The van der Waals surface area contributed by atoms with E-state index < -0.39 is 0 Å². The summed E-state index contributed by atoms with van der Waals surface area (Å²) in [6, 6.07) is 1.94. The molecule has 0 bridgehead atoms. The summed E-state index contributed by atoms with van der Waals surface area (Å²) in [7, 11) is 1.86. The van der Waals surface area contributed by atoms with Crippen LogP contribution in [-0.4, -0.2) is 31.3 Å². The van der Waals surface area contributed by atoms with Crippen LogP contribution in [0, 0.1) is 6.92 Å². The van der Waals surface area contributed by atoms with Crippen molar-refractivity contribution in [2.24, 2.45) is 7.05 Å². The number of rotatable bonds is 5. The maximum atomic E-state index is 4.45. The monoisotopic (exact) mass is 264 g/mol. The Balaban J connectivity index is 2.17. The Morgan fingerprint density at radius 2 is 2.22 bits per heavy atom. The van der Waals surface area contributed by atoms with Gasteiger partial charge in [0.05, 0.1) is 0 Å². The average Bonchev–Trinajstić information content (AvgIpc) is 2.72. The van der Waals surface area contributed by atoms with Crippen molar-refractivity contribution in [2.75, 3.05) is 11.9 Å². The minimum atomic E-state index is 0.668. The van der Waals surface area contributed by atoms with E-state index >= 15 is 0 Å². The van der Waals surface area contributed by atoms with E-state index in [4.69, 9.17) is 0 Å². The van der Waals surface area contributed by atoms with E-state index in [2.05, 4.69) is 32.3 Å². The Morgan fingerprint density at radius 1 is 1.39 bits per heavy atom. The van der Waals surface area contributed by atoms with Crippen molar-refractivity contribution in [3.05, 3.63) is 18.1 Å². The molecule has 7 heteroatoms. The van der Waals surface area contributed by atoms with Crippen molar-refractivity contribution in [1.29, 1.82) is 0 Å². The summed E-state index contributed by atoms with van der Waals surface area (Å²) in [5.41, 5.74) is 0.938. The molecule has 0 saturated carbocycles. The third-order valence-corrected chi connectivity index (χ3v) is 3.20. The summed E-state index contributed by atoms with van der Waals surface area (Å²) in [4.78, 5) is 13.0. The molecule has 0 saturated heterocycles. The normalized spacial score (nSPS) is 10.6. The molecule has 0 aliphatic carbocycles. The lowest BCUT2D eigenvalue weighted by atomic mass is 10.4. The van der Waals surface area contributed by atoms with Gasteiger partial charge in [-0.25, -0.2) is 19.6 Å². The summed E-state index contributed by atoms with van der Waals surface area (Å²) in [5.74, 6) is 0.668. The van der Waals surface area contributed by atoms with Crippen LogP contribution in [0.5, 0.6) is 0 Å². The maximum Gasteiger partial charge on any atom is 0.223 e. The quantitative estimate of drug-likeness (QED) is 0.832. The fourth-order valence-electron chi connectivity index (χ4n) is 1.38. The van der Waals surface area contributed by atoms with Gasteiger partial charge < -0.3 is 5.32 Å². The molecule has 6 nitrogen and oxygen atoms in total. The second-order valence-corrected chi connectivity index (χ2v) is 4.85. The smallest absolute Gasteiger partial charge is 0.223 e. The van der Waals surface area contributed by atoms with Gasteiger partial charge in [0.25, 0.3) is 0 Å². The third-order valence-electron chi connectivity index (χ3n) is 2.23. The van der Waals surface area contributed by atoms with Crippen LogP contribution in [-0.2, 0) is 7.05 Å². The lowest BCUT2D eigenvalue weighted by Gasteiger charge is -2.06. The van der Waals surface area contributed by atoms with E-state index in [0.717, 1.165) is 28.8 Å². The number of nitrogens with zero attached hydrogens (tertiary/aromatic N) is 5. The molecule has 0 spiro atoms. The van der Waals surface area contributed by atoms with Crippen LogP contribution < -0.4 is 5.32 Å². The van der Waals surface area contributed by atoms with Gasteiger partial charge in [-0.3, -0.25) is 0 Å². The summed E-state index contributed by atoms with van der Waals surface area (Å²) >= 11 is 1.48. The first kappa shape index (κ1) is 12.8. The number of hydrogen-bond acceptors (Lipinski definition) is 6. The fourth-order valence-corrected chi connectivity index (χ4v) is 2.21. The van der Waals surface area contributed by atoms with Crippen LogP contribution in [0.25, 0.3) is 0 Å². The first-order valence-electron chi connectivity index (χ1n) is 5.80. The number of nitrogens with one attached hydrogen (secondary N) is 1. The van der Waals surface area contributed by atoms with Gasteiger partial charge in [0.15, 0.2) is 5.16 Å². The molecule has 0 aliphatic heterocycles. The Kier molecular flexibility index (Phi) is 4.14. The predicted molar refractivity (Wildman–Crippen MR) is 70.7 cm³/mol. The third kappa shape index (κ3) is 3.19. The van der Waals surface area contributed by atoms with Crippen molar-refractivity contribution in [3.63, 3.8) is 0 Å². The van der Waals surface area contributed by atoms with E-state index in [1.54, 1.807) is 4.68 Å². The largest absolute Gasteiger partial charge is 0.354 e. The van der Waals surface area contributed by atoms with Crippen molar-refractivity contribution in [3.8, 4) is 0 Å². The van der Waals surface area contributed by atoms with E-state index in [-0.39, 0.29) is 0 Å². The SMILES string of the molecule is CCCNc1nc(C)cc(Sc2ncnn2C)n1. The minimum absolute atomic E-state index is 0.668. The molecule has 2 heterocycles. The van der Waals surface area contributed by atoms with E-state index in [1.165, 1.54) is 18.1 Å². The Hall–Kier alpha value is -1.63. The molecule has 0 aliphatic rings. The molecule has 96 valence electrons. The number of aryl methyl sites for hydroxylation is 2. The molecule has 0 aromatic carbocycles. The van der Waals surface area contributed by atoms with Gasteiger partial charge in [-0.2, -0.15) is 5.10 Å². The van der Waals surface area contributed by atoms with Gasteiger partial charge in [-0.15, -0.1) is 0 Å². The molecule has 2 rings (SSSR count).